The van der Waals surface area contributed by atoms with E-state index in [1.807, 2.05) is 0 Å². The second-order valence-electron chi connectivity index (χ2n) is 7.73. The Morgan fingerprint density at radius 3 is 2.43 bits per heavy atom. The molecule has 0 bridgehead atoms. The first-order valence-corrected chi connectivity index (χ1v) is 10.6. The van der Waals surface area contributed by atoms with E-state index in [2.05, 4.69) is 17.2 Å². The molecule has 176 valence electrons. The van der Waals surface area contributed by atoms with Gasteiger partial charge in [0.2, 0.25) is 0 Å². The summed E-state index contributed by atoms with van der Waals surface area (Å²) in [4.78, 5) is 36.8. The monoisotopic (exact) mass is 472 g/mol. The number of rotatable bonds is 7. The number of fused-ring (bicyclic) bond motifs is 1. The minimum atomic E-state index is -1.05. The van der Waals surface area contributed by atoms with Crippen LogP contribution in [0.3, 0.4) is 0 Å². The van der Waals surface area contributed by atoms with Gasteiger partial charge in [0.05, 0.1) is 12.0 Å². The van der Waals surface area contributed by atoms with E-state index in [4.69, 9.17) is 4.42 Å². The number of carboxylic acids is 1. The van der Waals surface area contributed by atoms with E-state index >= 15 is 0 Å². The van der Waals surface area contributed by atoms with Crippen LogP contribution < -0.4 is 10.6 Å². The topological polar surface area (TPSA) is 109 Å². The lowest BCUT2D eigenvalue weighted by Crippen LogP contribution is -2.18. The molecule has 1 aromatic heterocycles. The summed E-state index contributed by atoms with van der Waals surface area (Å²) in [6.07, 6.45) is 0.964. The molecule has 3 N–H and O–H groups in total. The van der Waals surface area contributed by atoms with Gasteiger partial charge in [-0.1, -0.05) is 18.7 Å². The molecule has 4 rings (SSSR count). The van der Waals surface area contributed by atoms with Crippen LogP contribution in [-0.2, 0) is 11.2 Å². The van der Waals surface area contributed by atoms with Crippen LogP contribution in [0.4, 0.5) is 4.39 Å². The summed E-state index contributed by atoms with van der Waals surface area (Å²) in [5.41, 5.74) is 2.95. The lowest BCUT2D eigenvalue weighted by atomic mass is 9.93. The maximum absolute atomic E-state index is 13.5. The molecule has 0 atom stereocenters. The highest BCUT2D eigenvalue weighted by Gasteiger charge is 2.24. The first-order valence-electron chi connectivity index (χ1n) is 10.6. The van der Waals surface area contributed by atoms with E-state index in [0.717, 1.165) is 0 Å². The van der Waals surface area contributed by atoms with Crippen molar-refractivity contribution in [3.05, 3.63) is 96.0 Å². The van der Waals surface area contributed by atoms with Crippen molar-refractivity contribution in [2.75, 3.05) is 7.05 Å². The van der Waals surface area contributed by atoms with E-state index in [0.29, 0.717) is 38.8 Å². The molecule has 0 radical (unpaired) electrons. The average Bonchev–Trinajstić information content (AvgIpc) is 3.21. The molecule has 7 nitrogen and oxygen atoms in total. The molecule has 0 fully saturated rings. The summed E-state index contributed by atoms with van der Waals surface area (Å²) in [5.74, 6) is -2.03. The van der Waals surface area contributed by atoms with E-state index in [9.17, 15) is 23.9 Å². The van der Waals surface area contributed by atoms with Gasteiger partial charge >= 0.3 is 5.97 Å². The summed E-state index contributed by atoms with van der Waals surface area (Å²) in [7, 11) is 1.48. The van der Waals surface area contributed by atoms with Crippen LogP contribution in [0, 0.1) is 5.82 Å². The normalized spacial score (nSPS) is 10.7. The number of carbonyl (C=O) groups excluding carboxylic acids is 2. The summed E-state index contributed by atoms with van der Waals surface area (Å²) in [5, 5.41) is 15.1. The Hall–Kier alpha value is -4.72. The summed E-state index contributed by atoms with van der Waals surface area (Å²) in [6, 6.07) is 15.5. The fourth-order valence-corrected chi connectivity index (χ4v) is 3.92. The van der Waals surface area contributed by atoms with Crippen molar-refractivity contribution < 1.29 is 28.3 Å². The van der Waals surface area contributed by atoms with E-state index in [1.165, 1.54) is 37.5 Å². The quantitative estimate of drug-likeness (QED) is 0.359. The van der Waals surface area contributed by atoms with Crippen molar-refractivity contribution in [2.45, 2.75) is 6.42 Å². The van der Waals surface area contributed by atoms with Gasteiger partial charge in [-0.2, -0.15) is 0 Å². The van der Waals surface area contributed by atoms with Gasteiger partial charge in [0.15, 0.2) is 0 Å². The van der Waals surface area contributed by atoms with Gasteiger partial charge in [0, 0.05) is 23.6 Å². The Balaban J connectivity index is 1.99. The largest absolute Gasteiger partial charge is 0.481 e. The van der Waals surface area contributed by atoms with Gasteiger partial charge in [0.25, 0.3) is 11.8 Å². The van der Waals surface area contributed by atoms with Crippen molar-refractivity contribution in [1.82, 2.24) is 10.6 Å². The lowest BCUT2D eigenvalue weighted by molar-refractivity contribution is -0.136. The first kappa shape index (κ1) is 23.4. The molecule has 3 aromatic carbocycles. The van der Waals surface area contributed by atoms with Crippen LogP contribution in [0.1, 0.15) is 26.3 Å². The Morgan fingerprint density at radius 1 is 1.03 bits per heavy atom. The van der Waals surface area contributed by atoms with Crippen LogP contribution in [-0.4, -0.2) is 29.9 Å². The van der Waals surface area contributed by atoms with Crippen molar-refractivity contribution >= 4 is 28.8 Å². The van der Waals surface area contributed by atoms with Crippen LogP contribution in [0.5, 0.6) is 0 Å². The van der Waals surface area contributed by atoms with Gasteiger partial charge in [0.1, 0.15) is 17.2 Å². The number of hydrogen-bond acceptors (Lipinski definition) is 4. The molecule has 2 amide bonds. The molecule has 8 heteroatoms. The van der Waals surface area contributed by atoms with Gasteiger partial charge in [-0.15, -0.1) is 0 Å². The predicted octanol–water partition coefficient (Wildman–Crippen LogP) is 4.77. The fraction of sp³-hybridized carbons (Fsp3) is 0.0741. The molecule has 0 aliphatic heterocycles. The Labute approximate surface area is 199 Å². The molecule has 0 unspecified atom stereocenters. The molecular weight excluding hydrogens is 451 g/mol. The molecular formula is C27H21FN2O5. The third kappa shape index (κ3) is 4.67. The Morgan fingerprint density at radius 2 is 1.77 bits per heavy atom. The van der Waals surface area contributed by atoms with Gasteiger partial charge in [-0.3, -0.25) is 14.4 Å². The molecule has 0 saturated heterocycles. The average molecular weight is 472 g/mol. The number of benzene rings is 3. The summed E-state index contributed by atoms with van der Waals surface area (Å²) < 4.78 is 19.5. The second kappa shape index (κ2) is 9.64. The predicted molar refractivity (Wildman–Crippen MR) is 129 cm³/mol. The fourth-order valence-electron chi connectivity index (χ4n) is 3.92. The van der Waals surface area contributed by atoms with Crippen LogP contribution in [0.25, 0.3) is 33.4 Å². The van der Waals surface area contributed by atoms with Crippen LogP contribution in [0.2, 0.25) is 0 Å². The summed E-state index contributed by atoms with van der Waals surface area (Å²) >= 11 is 0. The smallest absolute Gasteiger partial charge is 0.307 e. The van der Waals surface area contributed by atoms with E-state index in [-0.39, 0.29) is 23.7 Å². The highest BCUT2D eigenvalue weighted by atomic mass is 19.1. The number of aliphatic carboxylic acids is 1. The zero-order valence-electron chi connectivity index (χ0n) is 18.7. The number of carbonyl (C=O) groups is 3. The molecule has 4 aromatic rings. The van der Waals surface area contributed by atoms with Gasteiger partial charge in [-0.05, 0) is 71.4 Å². The Bertz CT molecular complexity index is 1470. The molecule has 35 heavy (non-hydrogen) atoms. The standard InChI is InChI=1S/C27H21FN2O5/c1-3-30-26(33)17-6-4-5-16(11-17)20-14-21-22(12-18(20)13-23(31)32)35-25(24(21)27(34)29-2)15-7-9-19(28)10-8-15/h3-12,14H,1,13H2,2H3,(H,29,34)(H,30,33)(H,31,32). The number of carboxylic acid groups (broad SMARTS) is 1. The number of halogens is 1. The van der Waals surface area contributed by atoms with Crippen molar-refractivity contribution in [3.8, 4) is 22.5 Å². The number of nitrogens with one attached hydrogen (secondary N) is 2. The summed E-state index contributed by atoms with van der Waals surface area (Å²) in [6.45, 7) is 3.49. The highest BCUT2D eigenvalue weighted by molar-refractivity contribution is 6.12. The minimum Gasteiger partial charge on any atom is -0.481 e. The lowest BCUT2D eigenvalue weighted by Gasteiger charge is -2.11. The Kier molecular flexibility index (Phi) is 6.46. The molecule has 1 heterocycles. The number of amides is 2. The van der Waals surface area contributed by atoms with Crippen LogP contribution in [0.15, 0.2) is 77.9 Å². The van der Waals surface area contributed by atoms with Gasteiger partial charge in [-0.25, -0.2) is 4.39 Å². The first-order chi connectivity index (χ1) is 16.8. The zero-order chi connectivity index (χ0) is 25.1. The molecule has 0 saturated carbocycles. The molecule has 0 spiro atoms. The SMILES string of the molecule is C=CNC(=O)c1cccc(-c2cc3c(C(=O)NC)c(-c4ccc(F)cc4)oc3cc2CC(=O)O)c1. The maximum atomic E-state index is 13.5. The molecule has 0 aliphatic rings. The molecule has 0 aliphatic carbocycles. The third-order valence-corrected chi connectivity index (χ3v) is 5.48. The van der Waals surface area contributed by atoms with Crippen molar-refractivity contribution in [3.63, 3.8) is 0 Å². The maximum Gasteiger partial charge on any atom is 0.307 e. The van der Waals surface area contributed by atoms with E-state index in [1.54, 1.807) is 36.4 Å². The van der Waals surface area contributed by atoms with Crippen LogP contribution >= 0.6 is 0 Å². The van der Waals surface area contributed by atoms with Gasteiger partial charge < -0.3 is 20.2 Å². The number of hydrogen-bond donors (Lipinski definition) is 3. The third-order valence-electron chi connectivity index (χ3n) is 5.48. The minimum absolute atomic E-state index is 0.233. The number of furan rings is 1. The van der Waals surface area contributed by atoms with Crippen molar-refractivity contribution in [2.24, 2.45) is 0 Å². The highest BCUT2D eigenvalue weighted by Crippen LogP contribution is 2.38. The zero-order valence-corrected chi connectivity index (χ0v) is 18.7. The second-order valence-corrected chi connectivity index (χ2v) is 7.73. The van der Waals surface area contributed by atoms with E-state index < -0.39 is 17.7 Å². The van der Waals surface area contributed by atoms with Crippen molar-refractivity contribution in [1.29, 1.82) is 0 Å².